The molecule has 8 heteroatoms. The second-order valence-electron chi connectivity index (χ2n) is 5.41. The van der Waals surface area contributed by atoms with Crippen molar-refractivity contribution < 1.29 is 18.7 Å². The van der Waals surface area contributed by atoms with Crippen LogP contribution in [0, 0.1) is 0 Å². The van der Waals surface area contributed by atoms with Gasteiger partial charge in [0.1, 0.15) is 5.60 Å². The molecule has 0 saturated heterocycles. The van der Waals surface area contributed by atoms with Gasteiger partial charge in [-0.05, 0) is 19.1 Å². The van der Waals surface area contributed by atoms with Gasteiger partial charge >= 0.3 is 6.03 Å². The van der Waals surface area contributed by atoms with E-state index in [0.29, 0.717) is 5.56 Å². The highest BCUT2D eigenvalue weighted by molar-refractivity contribution is 5.89. The predicted octanol–water partition coefficient (Wildman–Crippen LogP) is 2.39. The zero-order valence-electron chi connectivity index (χ0n) is 12.8. The van der Waals surface area contributed by atoms with Gasteiger partial charge in [-0.1, -0.05) is 12.1 Å². The number of aromatic nitrogens is 2. The average molecular weight is 324 g/mol. The van der Waals surface area contributed by atoms with Gasteiger partial charge in [-0.15, -0.1) is 0 Å². The van der Waals surface area contributed by atoms with Crippen LogP contribution in [0.5, 0.6) is 0 Å². The number of nitrogens with zero attached hydrogens (tertiary/aromatic N) is 2. The number of hydrogen-bond donors (Lipinski definition) is 3. The fourth-order valence-corrected chi connectivity index (χ4v) is 1.98. The first-order valence-corrected chi connectivity index (χ1v) is 6.92. The second kappa shape index (κ2) is 6.74. The molecular formula is C15H18F2N4O2. The molecule has 0 fully saturated rings. The molecule has 23 heavy (non-hydrogen) atoms. The van der Waals surface area contributed by atoms with Crippen LogP contribution in [-0.2, 0) is 12.6 Å². The quantitative estimate of drug-likeness (QED) is 0.790. The Bertz CT molecular complexity index is 686. The number of rotatable bonds is 5. The summed E-state index contributed by atoms with van der Waals surface area (Å²) in [4.78, 5) is 11.8. The van der Waals surface area contributed by atoms with Crippen LogP contribution in [0.4, 0.5) is 19.3 Å². The average Bonchev–Trinajstić information content (AvgIpc) is 2.93. The number of hydrogen-bond acceptors (Lipinski definition) is 3. The molecule has 1 heterocycles. The number of carbonyl (C=O) groups excluding carboxylic acids is 1. The first kappa shape index (κ1) is 16.9. The number of nitrogens with one attached hydrogen (secondary N) is 2. The summed E-state index contributed by atoms with van der Waals surface area (Å²) in [5.74, 6) is 0. The second-order valence-corrected chi connectivity index (χ2v) is 5.41. The van der Waals surface area contributed by atoms with Gasteiger partial charge in [0.05, 0.1) is 12.7 Å². The summed E-state index contributed by atoms with van der Waals surface area (Å²) in [6, 6.07) is 4.82. The van der Waals surface area contributed by atoms with Crippen molar-refractivity contribution in [3.63, 3.8) is 0 Å². The lowest BCUT2D eigenvalue weighted by Crippen LogP contribution is -2.40. The molecule has 124 valence electrons. The van der Waals surface area contributed by atoms with E-state index in [1.807, 2.05) is 0 Å². The minimum atomic E-state index is -2.61. The Morgan fingerprint density at radius 2 is 2.22 bits per heavy atom. The number of carbonyl (C=O) groups is 1. The van der Waals surface area contributed by atoms with Crippen molar-refractivity contribution in [1.82, 2.24) is 15.1 Å². The zero-order chi connectivity index (χ0) is 17.0. The molecule has 0 bridgehead atoms. The molecule has 1 atom stereocenters. The van der Waals surface area contributed by atoms with E-state index in [4.69, 9.17) is 0 Å². The van der Waals surface area contributed by atoms with Gasteiger partial charge < -0.3 is 15.7 Å². The predicted molar refractivity (Wildman–Crippen MR) is 81.2 cm³/mol. The topological polar surface area (TPSA) is 79.2 Å². The van der Waals surface area contributed by atoms with E-state index < -0.39 is 18.1 Å². The Morgan fingerprint density at radius 1 is 1.48 bits per heavy atom. The number of anilines is 1. The first-order chi connectivity index (χ1) is 10.8. The standard InChI is InChI=1S/C15H18F2N4O2/c1-15(23,11-7-19-21(2)8-11)9-18-14(22)20-12-5-3-4-10(6-12)13(16)17/h3-8,13,23H,9H2,1-2H3,(H2,18,20,22)/t15-/m1/s1. The van der Waals surface area contributed by atoms with Crippen molar-refractivity contribution >= 4 is 11.7 Å². The molecule has 3 N–H and O–H groups in total. The monoisotopic (exact) mass is 324 g/mol. The molecule has 2 amide bonds. The number of urea groups is 1. The van der Waals surface area contributed by atoms with E-state index in [9.17, 15) is 18.7 Å². The SMILES string of the molecule is Cn1cc([C@](C)(O)CNC(=O)Nc2cccc(C(F)F)c2)cn1. The normalized spacial score (nSPS) is 13.7. The van der Waals surface area contributed by atoms with E-state index in [1.165, 1.54) is 30.5 Å². The minimum absolute atomic E-state index is 0.0565. The molecule has 2 rings (SSSR count). The van der Waals surface area contributed by atoms with Crippen LogP contribution in [-0.4, -0.2) is 27.5 Å². The number of halogens is 2. The third-order valence-corrected chi connectivity index (χ3v) is 3.32. The van der Waals surface area contributed by atoms with Crippen LogP contribution >= 0.6 is 0 Å². The molecule has 0 unspecified atom stereocenters. The van der Waals surface area contributed by atoms with Gasteiger partial charge in [-0.2, -0.15) is 5.10 Å². The molecule has 1 aromatic heterocycles. The number of benzene rings is 1. The van der Waals surface area contributed by atoms with Crippen molar-refractivity contribution in [3.05, 3.63) is 47.8 Å². The van der Waals surface area contributed by atoms with Crippen molar-refractivity contribution in [1.29, 1.82) is 0 Å². The van der Waals surface area contributed by atoms with E-state index in [0.717, 1.165) is 0 Å². The van der Waals surface area contributed by atoms with Crippen LogP contribution in [0.3, 0.4) is 0 Å². The highest BCUT2D eigenvalue weighted by atomic mass is 19.3. The Balaban J connectivity index is 1.93. The Hall–Kier alpha value is -2.48. The molecule has 1 aromatic carbocycles. The van der Waals surface area contributed by atoms with Crippen LogP contribution in [0.25, 0.3) is 0 Å². The van der Waals surface area contributed by atoms with E-state index in [2.05, 4.69) is 15.7 Å². The first-order valence-electron chi connectivity index (χ1n) is 6.92. The van der Waals surface area contributed by atoms with Crippen LogP contribution < -0.4 is 10.6 Å². The van der Waals surface area contributed by atoms with Crippen molar-refractivity contribution in [2.45, 2.75) is 19.0 Å². The highest BCUT2D eigenvalue weighted by Crippen LogP contribution is 2.22. The van der Waals surface area contributed by atoms with Gasteiger partial charge in [0.2, 0.25) is 0 Å². The lowest BCUT2D eigenvalue weighted by molar-refractivity contribution is 0.0599. The van der Waals surface area contributed by atoms with Crippen LogP contribution in [0.15, 0.2) is 36.7 Å². The van der Waals surface area contributed by atoms with Gasteiger partial charge in [0.25, 0.3) is 6.43 Å². The summed E-state index contributed by atoms with van der Waals surface area (Å²) in [5.41, 5.74) is -0.664. The molecule has 0 aliphatic rings. The number of aliphatic hydroxyl groups is 1. The third kappa shape index (κ3) is 4.49. The maximum atomic E-state index is 12.6. The molecular weight excluding hydrogens is 306 g/mol. The molecule has 6 nitrogen and oxygen atoms in total. The number of alkyl halides is 2. The molecule has 0 aliphatic heterocycles. The molecule has 0 radical (unpaired) electrons. The third-order valence-electron chi connectivity index (χ3n) is 3.32. The minimum Gasteiger partial charge on any atom is -0.383 e. The summed E-state index contributed by atoms with van der Waals surface area (Å²) < 4.78 is 26.8. The fourth-order valence-electron chi connectivity index (χ4n) is 1.98. The summed E-state index contributed by atoms with van der Waals surface area (Å²) in [6.45, 7) is 1.49. The van der Waals surface area contributed by atoms with Gasteiger partial charge in [0, 0.05) is 30.1 Å². The van der Waals surface area contributed by atoms with E-state index in [-0.39, 0.29) is 17.8 Å². The van der Waals surface area contributed by atoms with Gasteiger partial charge in [-0.3, -0.25) is 4.68 Å². The smallest absolute Gasteiger partial charge is 0.319 e. The van der Waals surface area contributed by atoms with Crippen molar-refractivity contribution in [2.75, 3.05) is 11.9 Å². The zero-order valence-corrected chi connectivity index (χ0v) is 12.8. The maximum Gasteiger partial charge on any atom is 0.319 e. The summed E-state index contributed by atoms with van der Waals surface area (Å²) >= 11 is 0. The summed E-state index contributed by atoms with van der Waals surface area (Å²) in [5, 5.41) is 19.3. The highest BCUT2D eigenvalue weighted by Gasteiger charge is 2.25. The molecule has 0 spiro atoms. The van der Waals surface area contributed by atoms with Crippen LogP contribution in [0.1, 0.15) is 24.5 Å². The van der Waals surface area contributed by atoms with E-state index >= 15 is 0 Å². The Labute approximate surface area is 132 Å². The largest absolute Gasteiger partial charge is 0.383 e. The number of amides is 2. The molecule has 0 aliphatic carbocycles. The Kier molecular flexibility index (Phi) is 4.95. The Morgan fingerprint density at radius 3 is 2.83 bits per heavy atom. The fraction of sp³-hybridized carbons (Fsp3) is 0.333. The molecule has 0 saturated carbocycles. The molecule has 2 aromatic rings. The van der Waals surface area contributed by atoms with Crippen molar-refractivity contribution in [2.24, 2.45) is 7.05 Å². The lowest BCUT2D eigenvalue weighted by atomic mass is 10.00. The van der Waals surface area contributed by atoms with Gasteiger partial charge in [-0.25, -0.2) is 13.6 Å². The van der Waals surface area contributed by atoms with E-state index in [1.54, 1.807) is 24.9 Å². The lowest BCUT2D eigenvalue weighted by Gasteiger charge is -2.22. The van der Waals surface area contributed by atoms with Crippen LogP contribution in [0.2, 0.25) is 0 Å². The number of aryl methyl sites for hydroxylation is 1. The van der Waals surface area contributed by atoms with Gasteiger partial charge in [0.15, 0.2) is 0 Å². The summed E-state index contributed by atoms with van der Waals surface area (Å²) in [6.07, 6.45) is 0.545. The van der Waals surface area contributed by atoms with Crippen molar-refractivity contribution in [3.8, 4) is 0 Å². The maximum absolute atomic E-state index is 12.6. The summed E-state index contributed by atoms with van der Waals surface area (Å²) in [7, 11) is 1.72.